The summed E-state index contributed by atoms with van der Waals surface area (Å²) in [4.78, 5) is 17.9. The number of fused-ring (bicyclic) bond motifs is 1. The first-order chi connectivity index (χ1) is 15.7. The highest BCUT2D eigenvalue weighted by Crippen LogP contribution is 2.34. The molecule has 3 aromatic rings. The van der Waals surface area contributed by atoms with Gasteiger partial charge in [-0.25, -0.2) is 0 Å². The van der Waals surface area contributed by atoms with Crippen LogP contribution in [0, 0.1) is 5.92 Å². The van der Waals surface area contributed by atoms with Gasteiger partial charge in [-0.2, -0.15) is 0 Å². The van der Waals surface area contributed by atoms with Crippen LogP contribution in [0.15, 0.2) is 66.7 Å². The van der Waals surface area contributed by atoms with Gasteiger partial charge in [0.1, 0.15) is 5.75 Å². The van der Waals surface area contributed by atoms with Gasteiger partial charge in [0.15, 0.2) is 0 Å². The highest BCUT2D eigenvalue weighted by Gasteiger charge is 2.30. The van der Waals surface area contributed by atoms with Crippen molar-refractivity contribution in [2.24, 2.45) is 5.92 Å². The molecule has 0 aromatic heterocycles. The van der Waals surface area contributed by atoms with E-state index in [-0.39, 0.29) is 5.91 Å². The fraction of sp³-hybridized carbons (Fsp3) is 0.393. The van der Waals surface area contributed by atoms with E-state index in [4.69, 9.17) is 4.74 Å². The van der Waals surface area contributed by atoms with Crippen molar-refractivity contribution in [3.8, 4) is 5.75 Å². The molecule has 0 bridgehead atoms. The van der Waals surface area contributed by atoms with Crippen molar-refractivity contribution < 1.29 is 9.53 Å². The van der Waals surface area contributed by atoms with Gasteiger partial charge in [-0.15, -0.1) is 0 Å². The van der Waals surface area contributed by atoms with Crippen LogP contribution >= 0.6 is 0 Å². The third-order valence-corrected chi connectivity index (χ3v) is 7.28. The lowest BCUT2D eigenvalue weighted by molar-refractivity contribution is 0.0784. The van der Waals surface area contributed by atoms with Gasteiger partial charge < -0.3 is 14.5 Å². The standard InChI is InChI=1S/C28H32N2O2/c1-32-27-12-5-4-10-25(27)23-14-16-29(17-15-23)19-21-13-18-30(20-21)28(31)26-11-6-8-22-7-2-3-9-24(22)26/h2-12,21,23H,13-20H2,1H3/t21-/m1/s1. The van der Waals surface area contributed by atoms with Crippen molar-refractivity contribution in [1.29, 1.82) is 0 Å². The molecule has 0 N–H and O–H groups in total. The van der Waals surface area contributed by atoms with Gasteiger partial charge in [0.2, 0.25) is 0 Å². The second-order valence-corrected chi connectivity index (χ2v) is 9.25. The average molecular weight is 429 g/mol. The Hall–Kier alpha value is -2.85. The molecule has 1 atom stereocenters. The number of carbonyl (C=O) groups is 1. The van der Waals surface area contributed by atoms with Crippen molar-refractivity contribution in [2.45, 2.75) is 25.2 Å². The molecule has 4 heteroatoms. The van der Waals surface area contributed by atoms with E-state index in [1.165, 1.54) is 18.4 Å². The second-order valence-electron chi connectivity index (χ2n) is 9.25. The first-order valence-corrected chi connectivity index (χ1v) is 11.8. The van der Waals surface area contributed by atoms with E-state index in [1.807, 2.05) is 30.3 Å². The van der Waals surface area contributed by atoms with Crippen LogP contribution in [0.2, 0.25) is 0 Å². The maximum absolute atomic E-state index is 13.3. The van der Waals surface area contributed by atoms with Crippen molar-refractivity contribution in [2.75, 3.05) is 39.8 Å². The van der Waals surface area contributed by atoms with Gasteiger partial charge in [0.05, 0.1) is 7.11 Å². The maximum Gasteiger partial charge on any atom is 0.254 e. The van der Waals surface area contributed by atoms with Crippen LogP contribution in [-0.4, -0.2) is 55.5 Å². The summed E-state index contributed by atoms with van der Waals surface area (Å²) in [6.07, 6.45) is 3.44. The van der Waals surface area contributed by atoms with Gasteiger partial charge in [-0.05, 0) is 72.7 Å². The molecule has 4 nitrogen and oxygen atoms in total. The van der Waals surface area contributed by atoms with E-state index in [2.05, 4.69) is 46.2 Å². The Morgan fingerprint density at radius 1 is 0.906 bits per heavy atom. The maximum atomic E-state index is 13.3. The van der Waals surface area contributed by atoms with Crippen LogP contribution in [0.25, 0.3) is 10.8 Å². The number of benzene rings is 3. The minimum Gasteiger partial charge on any atom is -0.496 e. The first kappa shape index (κ1) is 21.0. The zero-order valence-electron chi connectivity index (χ0n) is 18.9. The second kappa shape index (κ2) is 9.33. The SMILES string of the molecule is COc1ccccc1C1CCN(C[C@H]2CCN(C(=O)c3cccc4ccccc34)C2)CC1. The molecule has 3 aromatic carbocycles. The molecular formula is C28H32N2O2. The molecule has 166 valence electrons. The zero-order chi connectivity index (χ0) is 21.9. The molecule has 2 aliphatic rings. The third-order valence-electron chi connectivity index (χ3n) is 7.28. The Morgan fingerprint density at radius 3 is 2.50 bits per heavy atom. The number of piperidine rings is 1. The van der Waals surface area contributed by atoms with Gasteiger partial charge >= 0.3 is 0 Å². The molecule has 0 radical (unpaired) electrons. The van der Waals surface area contributed by atoms with Crippen molar-refractivity contribution in [3.63, 3.8) is 0 Å². The van der Waals surface area contributed by atoms with Crippen molar-refractivity contribution >= 4 is 16.7 Å². The number of nitrogens with zero attached hydrogens (tertiary/aromatic N) is 2. The lowest BCUT2D eigenvalue weighted by atomic mass is 9.88. The van der Waals surface area contributed by atoms with E-state index in [0.717, 1.165) is 61.2 Å². The van der Waals surface area contributed by atoms with Crippen LogP contribution in [0.5, 0.6) is 5.75 Å². The normalized spacial score (nSPS) is 20.0. The molecule has 5 rings (SSSR count). The van der Waals surface area contributed by atoms with Gasteiger partial charge in [-0.1, -0.05) is 54.6 Å². The van der Waals surface area contributed by atoms with E-state index in [0.29, 0.717) is 11.8 Å². The van der Waals surface area contributed by atoms with Crippen LogP contribution in [0.4, 0.5) is 0 Å². The van der Waals surface area contributed by atoms with Crippen molar-refractivity contribution in [1.82, 2.24) is 9.80 Å². The van der Waals surface area contributed by atoms with Crippen molar-refractivity contribution in [3.05, 3.63) is 77.9 Å². The van der Waals surface area contributed by atoms with E-state index in [9.17, 15) is 4.79 Å². The number of hydrogen-bond acceptors (Lipinski definition) is 3. The Balaban J connectivity index is 1.17. The topological polar surface area (TPSA) is 32.8 Å². The molecule has 0 aliphatic carbocycles. The Morgan fingerprint density at radius 2 is 1.66 bits per heavy atom. The van der Waals surface area contributed by atoms with E-state index < -0.39 is 0 Å². The number of carbonyl (C=O) groups excluding carboxylic acids is 1. The van der Waals surface area contributed by atoms with Crippen LogP contribution in [0.1, 0.15) is 41.1 Å². The number of para-hydroxylation sites is 1. The fourth-order valence-electron chi connectivity index (χ4n) is 5.54. The average Bonchev–Trinajstić information content (AvgIpc) is 3.32. The minimum absolute atomic E-state index is 0.180. The molecule has 2 fully saturated rings. The molecule has 0 saturated carbocycles. The molecule has 0 spiro atoms. The fourth-order valence-corrected chi connectivity index (χ4v) is 5.54. The molecule has 2 heterocycles. The summed E-state index contributed by atoms with van der Waals surface area (Å²) in [5, 5.41) is 2.19. The summed E-state index contributed by atoms with van der Waals surface area (Å²) in [7, 11) is 1.76. The van der Waals surface area contributed by atoms with Crippen LogP contribution < -0.4 is 4.74 Å². The third kappa shape index (κ3) is 4.24. The summed E-state index contributed by atoms with van der Waals surface area (Å²) in [5.41, 5.74) is 2.18. The Kier molecular flexibility index (Phi) is 6.13. The van der Waals surface area contributed by atoms with Crippen LogP contribution in [-0.2, 0) is 0 Å². The van der Waals surface area contributed by atoms with Gasteiger partial charge in [0.25, 0.3) is 5.91 Å². The molecule has 1 amide bonds. The van der Waals surface area contributed by atoms with Gasteiger partial charge in [-0.3, -0.25) is 4.79 Å². The monoisotopic (exact) mass is 428 g/mol. The summed E-state index contributed by atoms with van der Waals surface area (Å²) in [6, 6.07) is 22.7. The first-order valence-electron chi connectivity index (χ1n) is 11.8. The van der Waals surface area contributed by atoms with Gasteiger partial charge in [0, 0.05) is 25.2 Å². The van der Waals surface area contributed by atoms with Crippen LogP contribution in [0.3, 0.4) is 0 Å². The number of rotatable bonds is 5. The molecule has 0 unspecified atom stereocenters. The summed E-state index contributed by atoms with van der Waals surface area (Å²) < 4.78 is 5.58. The number of hydrogen-bond donors (Lipinski definition) is 0. The molecule has 32 heavy (non-hydrogen) atoms. The quantitative estimate of drug-likeness (QED) is 0.561. The highest BCUT2D eigenvalue weighted by atomic mass is 16.5. The smallest absolute Gasteiger partial charge is 0.254 e. The highest BCUT2D eigenvalue weighted by molar-refractivity contribution is 6.07. The largest absolute Gasteiger partial charge is 0.496 e. The number of methoxy groups -OCH3 is 1. The number of amides is 1. The van der Waals surface area contributed by atoms with E-state index in [1.54, 1.807) is 7.11 Å². The summed E-state index contributed by atoms with van der Waals surface area (Å²) >= 11 is 0. The Labute approximate surface area is 190 Å². The lowest BCUT2D eigenvalue weighted by Crippen LogP contribution is -2.38. The summed E-state index contributed by atoms with van der Waals surface area (Å²) in [5.74, 6) is 2.34. The molecule has 2 aliphatic heterocycles. The number of ether oxygens (including phenoxy) is 1. The summed E-state index contributed by atoms with van der Waals surface area (Å²) in [6.45, 7) is 5.07. The van der Waals surface area contributed by atoms with E-state index >= 15 is 0 Å². The zero-order valence-corrected chi connectivity index (χ0v) is 18.9. The molecule has 2 saturated heterocycles. The molecular weight excluding hydrogens is 396 g/mol. The predicted octanol–water partition coefficient (Wildman–Crippen LogP) is 5.19. The Bertz CT molecular complexity index is 1080. The predicted molar refractivity (Wildman–Crippen MR) is 129 cm³/mol. The minimum atomic E-state index is 0.180. The number of likely N-dealkylation sites (tertiary alicyclic amines) is 2. The lowest BCUT2D eigenvalue weighted by Gasteiger charge is -2.34.